The van der Waals surface area contributed by atoms with Crippen LogP contribution in [0, 0.1) is 6.92 Å². The summed E-state index contributed by atoms with van der Waals surface area (Å²) in [5, 5.41) is 9.47. The lowest BCUT2D eigenvalue weighted by Crippen LogP contribution is -1.99. The summed E-state index contributed by atoms with van der Waals surface area (Å²) in [4.78, 5) is 4.11. The first-order valence-electron chi connectivity index (χ1n) is 3.95. The van der Waals surface area contributed by atoms with Gasteiger partial charge in [-0.15, -0.1) is 0 Å². The van der Waals surface area contributed by atoms with Gasteiger partial charge in [-0.25, -0.2) is 0 Å². The van der Waals surface area contributed by atoms with Gasteiger partial charge in [-0.05, 0) is 40.9 Å². The molecule has 0 saturated heterocycles. The zero-order chi connectivity index (χ0) is 9.14. The molecule has 3 heteroatoms. The topological polar surface area (TPSA) is 33.1 Å². The fourth-order valence-electron chi connectivity index (χ4n) is 0.952. The molecular formula is C9H12BrNO. The maximum Gasteiger partial charge on any atom is 0.0957 e. The van der Waals surface area contributed by atoms with E-state index in [0.717, 1.165) is 15.7 Å². The molecule has 1 rings (SSSR count). The summed E-state index contributed by atoms with van der Waals surface area (Å²) in [5.41, 5.74) is 1.85. The van der Waals surface area contributed by atoms with Crippen LogP contribution in [-0.2, 0) is 0 Å². The monoisotopic (exact) mass is 229 g/mol. The number of rotatable bonds is 2. The van der Waals surface area contributed by atoms with Gasteiger partial charge in [0.1, 0.15) is 0 Å². The predicted octanol–water partition coefficient (Wildman–Crippen LogP) is 2.60. The average molecular weight is 230 g/mol. The Kier molecular flexibility index (Phi) is 3.23. The van der Waals surface area contributed by atoms with Crippen LogP contribution in [0.2, 0.25) is 0 Å². The molecule has 0 amide bonds. The third-order valence-corrected chi connectivity index (χ3v) is 2.63. The lowest BCUT2D eigenvalue weighted by atomic mass is 10.1. The van der Waals surface area contributed by atoms with E-state index >= 15 is 0 Å². The van der Waals surface area contributed by atoms with Crippen LogP contribution < -0.4 is 0 Å². The zero-order valence-electron chi connectivity index (χ0n) is 7.21. The predicted molar refractivity (Wildman–Crippen MR) is 51.9 cm³/mol. The van der Waals surface area contributed by atoms with Crippen molar-refractivity contribution in [1.29, 1.82) is 0 Å². The normalized spacial score (nSPS) is 13.0. The van der Waals surface area contributed by atoms with Crippen molar-refractivity contribution in [3.8, 4) is 0 Å². The molecule has 0 bridgehead atoms. The van der Waals surface area contributed by atoms with Gasteiger partial charge in [-0.2, -0.15) is 0 Å². The molecule has 0 aliphatic heterocycles. The van der Waals surface area contributed by atoms with Crippen molar-refractivity contribution in [2.24, 2.45) is 0 Å². The van der Waals surface area contributed by atoms with Gasteiger partial charge in [0.05, 0.1) is 11.8 Å². The highest BCUT2D eigenvalue weighted by Crippen LogP contribution is 2.19. The molecule has 66 valence electrons. The first-order valence-corrected chi connectivity index (χ1v) is 4.74. The molecule has 0 aliphatic carbocycles. The van der Waals surface area contributed by atoms with Crippen molar-refractivity contribution in [3.05, 3.63) is 28.0 Å². The molecule has 1 aromatic rings. The van der Waals surface area contributed by atoms with Gasteiger partial charge in [-0.1, -0.05) is 6.92 Å². The number of aliphatic hydroxyl groups excluding tert-OH is 1. The van der Waals surface area contributed by atoms with Crippen molar-refractivity contribution in [2.75, 3.05) is 0 Å². The van der Waals surface area contributed by atoms with E-state index < -0.39 is 6.10 Å². The van der Waals surface area contributed by atoms with E-state index in [9.17, 15) is 5.11 Å². The molecule has 0 aliphatic rings. The highest BCUT2D eigenvalue weighted by molar-refractivity contribution is 9.10. The molecule has 0 spiro atoms. The number of halogens is 1. The largest absolute Gasteiger partial charge is 0.387 e. The number of nitrogens with zero attached hydrogens (tertiary/aromatic N) is 1. The van der Waals surface area contributed by atoms with Gasteiger partial charge in [-0.3, -0.25) is 4.98 Å². The van der Waals surface area contributed by atoms with Crippen LogP contribution in [0.1, 0.15) is 30.7 Å². The quantitative estimate of drug-likeness (QED) is 0.846. The number of aliphatic hydroxyl groups is 1. The van der Waals surface area contributed by atoms with Crippen LogP contribution >= 0.6 is 15.9 Å². The highest BCUT2D eigenvalue weighted by Gasteiger charge is 2.06. The fourth-order valence-corrected chi connectivity index (χ4v) is 1.17. The summed E-state index contributed by atoms with van der Waals surface area (Å²) in [7, 11) is 0. The second-order valence-corrected chi connectivity index (χ2v) is 3.64. The van der Waals surface area contributed by atoms with Crippen molar-refractivity contribution in [2.45, 2.75) is 26.4 Å². The van der Waals surface area contributed by atoms with Gasteiger partial charge in [0.25, 0.3) is 0 Å². The Bertz CT molecular complexity index is 275. The smallest absolute Gasteiger partial charge is 0.0957 e. The lowest BCUT2D eigenvalue weighted by molar-refractivity contribution is 0.169. The minimum Gasteiger partial charge on any atom is -0.387 e. The van der Waals surface area contributed by atoms with E-state index in [1.165, 1.54) is 0 Å². The first-order chi connectivity index (χ1) is 5.65. The van der Waals surface area contributed by atoms with E-state index in [4.69, 9.17) is 0 Å². The Morgan fingerprint density at radius 3 is 2.83 bits per heavy atom. The number of aryl methyl sites for hydroxylation is 1. The average Bonchev–Trinajstić information content (AvgIpc) is 2.08. The molecule has 1 aromatic heterocycles. The van der Waals surface area contributed by atoms with E-state index in [1.807, 2.05) is 19.9 Å². The van der Waals surface area contributed by atoms with Crippen LogP contribution in [0.3, 0.4) is 0 Å². The molecule has 12 heavy (non-hydrogen) atoms. The summed E-state index contributed by atoms with van der Waals surface area (Å²) in [6.45, 7) is 3.92. The lowest BCUT2D eigenvalue weighted by Gasteiger charge is -2.07. The molecule has 1 N–H and O–H groups in total. The van der Waals surface area contributed by atoms with Gasteiger partial charge < -0.3 is 5.11 Å². The summed E-state index contributed by atoms with van der Waals surface area (Å²) in [5.74, 6) is 0. The summed E-state index contributed by atoms with van der Waals surface area (Å²) in [6, 6.07) is 1.90. The van der Waals surface area contributed by atoms with Crippen LogP contribution in [-0.4, -0.2) is 10.1 Å². The summed E-state index contributed by atoms with van der Waals surface area (Å²) in [6.07, 6.45) is 1.99. The number of hydrogen-bond acceptors (Lipinski definition) is 2. The van der Waals surface area contributed by atoms with Crippen molar-refractivity contribution >= 4 is 15.9 Å². The zero-order valence-corrected chi connectivity index (χ0v) is 8.80. The van der Waals surface area contributed by atoms with Crippen LogP contribution in [0.25, 0.3) is 0 Å². The molecule has 0 saturated carbocycles. The van der Waals surface area contributed by atoms with E-state index in [1.54, 1.807) is 6.20 Å². The molecule has 1 heterocycles. The minimum absolute atomic E-state index is 0.434. The van der Waals surface area contributed by atoms with E-state index in [2.05, 4.69) is 20.9 Å². The maximum absolute atomic E-state index is 9.47. The molecule has 0 fully saturated rings. The van der Waals surface area contributed by atoms with Crippen LogP contribution in [0.5, 0.6) is 0 Å². The first kappa shape index (κ1) is 9.68. The third kappa shape index (κ3) is 2.05. The molecule has 0 unspecified atom stereocenters. The van der Waals surface area contributed by atoms with Gasteiger partial charge in [0.2, 0.25) is 0 Å². The Morgan fingerprint density at radius 2 is 2.33 bits per heavy atom. The Morgan fingerprint density at radius 1 is 1.67 bits per heavy atom. The second kappa shape index (κ2) is 4.01. The molecule has 0 radical (unpaired) electrons. The van der Waals surface area contributed by atoms with Gasteiger partial charge >= 0.3 is 0 Å². The highest BCUT2D eigenvalue weighted by atomic mass is 79.9. The third-order valence-electron chi connectivity index (χ3n) is 1.80. The molecule has 2 nitrogen and oxygen atoms in total. The standard InChI is InChI=1S/C9H12BrNO/c1-3-9(12)8-4-6(2)7(10)5-11-8/h4-5,9,12H,3H2,1-2H3/t9-/m0/s1. The van der Waals surface area contributed by atoms with Gasteiger partial charge in [0, 0.05) is 10.7 Å². The SMILES string of the molecule is CC[C@H](O)c1cc(C)c(Br)cn1. The number of hydrogen-bond donors (Lipinski definition) is 1. The fraction of sp³-hybridized carbons (Fsp3) is 0.444. The van der Waals surface area contributed by atoms with Crippen LogP contribution in [0.15, 0.2) is 16.7 Å². The Labute approximate surface area is 80.8 Å². The van der Waals surface area contributed by atoms with Gasteiger partial charge in [0.15, 0.2) is 0 Å². The van der Waals surface area contributed by atoms with E-state index in [-0.39, 0.29) is 0 Å². The number of pyridine rings is 1. The summed E-state index contributed by atoms with van der Waals surface area (Å²) < 4.78 is 0.981. The maximum atomic E-state index is 9.47. The van der Waals surface area contributed by atoms with Crippen LogP contribution in [0.4, 0.5) is 0 Å². The summed E-state index contributed by atoms with van der Waals surface area (Å²) >= 11 is 3.36. The van der Waals surface area contributed by atoms with Crippen molar-refractivity contribution in [1.82, 2.24) is 4.98 Å². The second-order valence-electron chi connectivity index (χ2n) is 2.78. The van der Waals surface area contributed by atoms with Crippen molar-refractivity contribution < 1.29 is 5.11 Å². The van der Waals surface area contributed by atoms with Crippen molar-refractivity contribution in [3.63, 3.8) is 0 Å². The number of aromatic nitrogens is 1. The molecule has 0 aromatic carbocycles. The Hall–Kier alpha value is -0.410. The minimum atomic E-state index is -0.434. The van der Waals surface area contributed by atoms with E-state index in [0.29, 0.717) is 6.42 Å². The Balaban J connectivity index is 2.96. The molecular weight excluding hydrogens is 218 g/mol. The molecule has 1 atom stereocenters.